The molecule has 2 aromatic carbocycles. The predicted octanol–water partition coefficient (Wildman–Crippen LogP) is 4.67. The van der Waals surface area contributed by atoms with Crippen molar-refractivity contribution in [1.29, 1.82) is 0 Å². The van der Waals surface area contributed by atoms with Crippen LogP contribution in [0.2, 0.25) is 0 Å². The van der Waals surface area contributed by atoms with Crippen molar-refractivity contribution in [3.05, 3.63) is 64.2 Å². The van der Waals surface area contributed by atoms with Crippen molar-refractivity contribution < 1.29 is 14.3 Å². The van der Waals surface area contributed by atoms with Crippen LogP contribution in [0.1, 0.15) is 60.3 Å². The zero-order valence-corrected chi connectivity index (χ0v) is 16.4. The summed E-state index contributed by atoms with van der Waals surface area (Å²) < 4.78 is 13.2. The Hall–Kier alpha value is -1.70. The van der Waals surface area contributed by atoms with Crippen LogP contribution in [0.4, 0.5) is 0 Å². The topological polar surface area (TPSA) is 54.4 Å². The van der Waals surface area contributed by atoms with Crippen molar-refractivity contribution in [3.63, 3.8) is 0 Å². The SMILES string of the molecule is CCc1cc(CC)c(C(=O)P(=O)(O)c2ccccc2CC)c(CC)c1. The molecule has 0 amide bonds. The van der Waals surface area contributed by atoms with Crippen LogP contribution in [-0.4, -0.2) is 10.4 Å². The monoisotopic (exact) mass is 358 g/mol. The van der Waals surface area contributed by atoms with Crippen molar-refractivity contribution in [3.8, 4) is 0 Å². The van der Waals surface area contributed by atoms with Gasteiger partial charge in [-0.1, -0.05) is 58.0 Å². The summed E-state index contributed by atoms with van der Waals surface area (Å²) in [5.74, 6) is 0. The van der Waals surface area contributed by atoms with E-state index in [-0.39, 0.29) is 5.30 Å². The number of carbonyl (C=O) groups is 1. The molecule has 0 aromatic heterocycles. The van der Waals surface area contributed by atoms with Crippen LogP contribution in [0.25, 0.3) is 0 Å². The fourth-order valence-corrected chi connectivity index (χ4v) is 4.96. The van der Waals surface area contributed by atoms with E-state index in [9.17, 15) is 14.3 Å². The van der Waals surface area contributed by atoms with E-state index >= 15 is 0 Å². The van der Waals surface area contributed by atoms with E-state index in [0.717, 1.165) is 28.7 Å². The second kappa shape index (κ2) is 8.12. The fraction of sp³-hybridized carbons (Fsp3) is 0.381. The maximum Gasteiger partial charge on any atom is 0.298 e. The molecular formula is C21H27O3P. The minimum Gasteiger partial charge on any atom is -0.336 e. The average molecular weight is 358 g/mol. The molecule has 2 aromatic rings. The Balaban J connectivity index is 2.65. The quantitative estimate of drug-likeness (QED) is 0.732. The highest BCUT2D eigenvalue weighted by Crippen LogP contribution is 2.46. The molecule has 0 saturated carbocycles. The number of benzene rings is 2. The third kappa shape index (κ3) is 3.78. The van der Waals surface area contributed by atoms with E-state index in [1.54, 1.807) is 12.1 Å². The van der Waals surface area contributed by atoms with Crippen LogP contribution in [0.5, 0.6) is 0 Å². The van der Waals surface area contributed by atoms with Gasteiger partial charge in [-0.15, -0.1) is 0 Å². The zero-order valence-electron chi connectivity index (χ0n) is 15.5. The molecule has 0 radical (unpaired) electrons. The summed E-state index contributed by atoms with van der Waals surface area (Å²) in [6.45, 7) is 7.96. The fourth-order valence-electron chi connectivity index (χ4n) is 3.24. The molecule has 1 unspecified atom stereocenters. The molecule has 0 aliphatic carbocycles. The number of aryl methyl sites for hydroxylation is 4. The first kappa shape index (κ1) is 19.6. The number of carbonyl (C=O) groups excluding carboxylic acids is 1. The minimum absolute atomic E-state index is 0.270. The van der Waals surface area contributed by atoms with Crippen molar-refractivity contribution in [2.24, 2.45) is 0 Å². The van der Waals surface area contributed by atoms with E-state index in [2.05, 4.69) is 6.92 Å². The number of hydrogen-bond donors (Lipinski definition) is 1. The van der Waals surface area contributed by atoms with Gasteiger partial charge in [-0.3, -0.25) is 9.36 Å². The predicted molar refractivity (Wildman–Crippen MR) is 104 cm³/mol. The van der Waals surface area contributed by atoms with Crippen molar-refractivity contribution >= 4 is 18.2 Å². The Bertz CT molecular complexity index is 799. The van der Waals surface area contributed by atoms with Crippen LogP contribution < -0.4 is 5.30 Å². The van der Waals surface area contributed by atoms with Gasteiger partial charge in [0.05, 0.1) is 0 Å². The zero-order chi connectivity index (χ0) is 18.6. The third-order valence-electron chi connectivity index (χ3n) is 4.72. The summed E-state index contributed by atoms with van der Waals surface area (Å²) in [6, 6.07) is 11.0. The Morgan fingerprint density at radius 1 is 0.880 bits per heavy atom. The summed E-state index contributed by atoms with van der Waals surface area (Å²) in [7, 11) is -4.15. The minimum atomic E-state index is -4.15. The maximum absolute atomic E-state index is 13.2. The molecule has 2 rings (SSSR count). The van der Waals surface area contributed by atoms with Gasteiger partial charge in [0.1, 0.15) is 0 Å². The van der Waals surface area contributed by atoms with Crippen molar-refractivity contribution in [2.45, 2.75) is 53.4 Å². The van der Waals surface area contributed by atoms with Gasteiger partial charge in [0.15, 0.2) is 0 Å². The average Bonchev–Trinajstić information content (AvgIpc) is 2.65. The summed E-state index contributed by atoms with van der Waals surface area (Å²) in [5.41, 5.74) is 3.45. The van der Waals surface area contributed by atoms with Crippen molar-refractivity contribution in [2.75, 3.05) is 0 Å². The van der Waals surface area contributed by atoms with Crippen LogP contribution in [0.3, 0.4) is 0 Å². The number of hydrogen-bond acceptors (Lipinski definition) is 2. The van der Waals surface area contributed by atoms with E-state index in [0.29, 0.717) is 24.8 Å². The molecule has 0 fully saturated rings. The van der Waals surface area contributed by atoms with Gasteiger partial charge in [0.2, 0.25) is 0 Å². The number of rotatable bonds is 7. The lowest BCUT2D eigenvalue weighted by Crippen LogP contribution is -2.19. The summed E-state index contributed by atoms with van der Waals surface area (Å²) in [4.78, 5) is 24.0. The molecule has 0 spiro atoms. The first-order valence-corrected chi connectivity index (χ1v) is 10.7. The van der Waals surface area contributed by atoms with Gasteiger partial charge in [0, 0.05) is 10.9 Å². The molecular weight excluding hydrogens is 331 g/mol. The molecule has 134 valence electrons. The lowest BCUT2D eigenvalue weighted by atomic mass is 9.94. The van der Waals surface area contributed by atoms with Crippen LogP contribution in [0, 0.1) is 0 Å². The Morgan fingerprint density at radius 2 is 1.40 bits per heavy atom. The smallest absolute Gasteiger partial charge is 0.298 e. The van der Waals surface area contributed by atoms with Gasteiger partial charge in [-0.2, -0.15) is 0 Å². The lowest BCUT2D eigenvalue weighted by Gasteiger charge is -2.19. The van der Waals surface area contributed by atoms with Crippen LogP contribution >= 0.6 is 7.37 Å². The van der Waals surface area contributed by atoms with Gasteiger partial charge < -0.3 is 4.89 Å². The second-order valence-corrected chi connectivity index (χ2v) is 8.25. The van der Waals surface area contributed by atoms with Crippen molar-refractivity contribution in [1.82, 2.24) is 0 Å². The second-order valence-electron chi connectivity index (χ2n) is 6.21. The van der Waals surface area contributed by atoms with E-state index in [1.165, 1.54) is 0 Å². The largest absolute Gasteiger partial charge is 0.336 e. The highest BCUT2D eigenvalue weighted by molar-refractivity contribution is 7.82. The molecule has 0 bridgehead atoms. The lowest BCUT2D eigenvalue weighted by molar-refractivity contribution is 0.106. The van der Waals surface area contributed by atoms with Gasteiger partial charge in [-0.05, 0) is 54.0 Å². The molecule has 0 aliphatic rings. The molecule has 25 heavy (non-hydrogen) atoms. The molecule has 1 atom stereocenters. The third-order valence-corrected chi connectivity index (χ3v) is 6.58. The summed E-state index contributed by atoms with van der Waals surface area (Å²) in [5, 5.41) is 0.270. The summed E-state index contributed by atoms with van der Waals surface area (Å²) >= 11 is 0. The van der Waals surface area contributed by atoms with E-state index in [1.807, 2.05) is 45.0 Å². The Labute approximate surface area is 150 Å². The van der Waals surface area contributed by atoms with E-state index in [4.69, 9.17) is 0 Å². The Morgan fingerprint density at radius 3 is 1.88 bits per heavy atom. The molecule has 1 N–H and O–H groups in total. The highest BCUT2D eigenvalue weighted by Gasteiger charge is 2.36. The van der Waals surface area contributed by atoms with Crippen LogP contribution in [0.15, 0.2) is 36.4 Å². The molecule has 0 saturated heterocycles. The molecule has 3 nitrogen and oxygen atoms in total. The Kier molecular flexibility index (Phi) is 6.37. The molecule has 4 heteroatoms. The highest BCUT2D eigenvalue weighted by atomic mass is 31.2. The molecule has 0 heterocycles. The van der Waals surface area contributed by atoms with Crippen LogP contribution in [-0.2, 0) is 30.2 Å². The van der Waals surface area contributed by atoms with E-state index < -0.39 is 12.9 Å². The standard InChI is InChI=1S/C21H27O3P/c1-5-15-13-17(7-3)20(18(8-4)14-15)21(22)25(23,24)19-12-10-9-11-16(19)6-2/h9-14H,5-8H2,1-4H3,(H,23,24). The normalized spacial score (nSPS) is 13.5. The first-order valence-electron chi connectivity index (χ1n) is 9.01. The van der Waals surface area contributed by atoms with Gasteiger partial charge in [0.25, 0.3) is 12.9 Å². The van der Waals surface area contributed by atoms with Gasteiger partial charge >= 0.3 is 0 Å². The first-order chi connectivity index (χ1) is 11.9. The van der Waals surface area contributed by atoms with Gasteiger partial charge in [-0.25, -0.2) is 0 Å². The molecule has 0 aliphatic heterocycles. The maximum atomic E-state index is 13.2. The summed E-state index contributed by atoms with van der Waals surface area (Å²) in [6.07, 6.45) is 2.82.